The monoisotopic (exact) mass is 762 g/mol. The Bertz CT molecular complexity index is 1390. The summed E-state index contributed by atoms with van der Waals surface area (Å²) in [6.07, 6.45) is -5.12. The minimum atomic E-state index is -1.44. The first-order valence-electron chi connectivity index (χ1n) is 15.9. The van der Waals surface area contributed by atoms with Gasteiger partial charge in [0.2, 0.25) is 5.82 Å². The van der Waals surface area contributed by atoms with Gasteiger partial charge in [-0.25, -0.2) is 28.8 Å². The summed E-state index contributed by atoms with van der Waals surface area (Å²) in [5, 5.41) is 18.9. The summed E-state index contributed by atoms with van der Waals surface area (Å²) in [7, 11) is 0. The van der Waals surface area contributed by atoms with Crippen LogP contribution in [0.15, 0.2) is 12.2 Å². The van der Waals surface area contributed by atoms with Crippen molar-refractivity contribution in [2.75, 3.05) is 44.4 Å². The van der Waals surface area contributed by atoms with Gasteiger partial charge >= 0.3 is 41.8 Å². The first-order chi connectivity index (χ1) is 24.2. The number of anilines is 1. The number of ether oxygens (including phenoxy) is 7. The van der Waals surface area contributed by atoms with E-state index in [0.29, 0.717) is 50.2 Å². The van der Waals surface area contributed by atoms with E-state index in [1.165, 1.54) is 27.7 Å². The lowest BCUT2D eigenvalue weighted by Crippen LogP contribution is -2.45. The van der Waals surface area contributed by atoms with Crippen LogP contribution >= 0.6 is 11.7 Å². The van der Waals surface area contributed by atoms with Crippen molar-refractivity contribution in [2.24, 2.45) is 0 Å². The molecule has 0 amide bonds. The molecular formula is C31H46N4O16S. The van der Waals surface area contributed by atoms with E-state index in [2.05, 4.69) is 14.1 Å². The van der Waals surface area contributed by atoms with Crippen molar-refractivity contribution in [3.8, 4) is 5.88 Å². The molecule has 20 nitrogen and oxygen atoms in total. The molecule has 1 fully saturated rings. The number of rotatable bonds is 17. The van der Waals surface area contributed by atoms with Crippen molar-refractivity contribution < 1.29 is 76.9 Å². The van der Waals surface area contributed by atoms with Gasteiger partial charge in [-0.2, -0.15) is 4.37 Å². The molecule has 0 unspecified atom stereocenters. The lowest BCUT2D eigenvalue weighted by atomic mass is 10.1. The van der Waals surface area contributed by atoms with Crippen LogP contribution in [-0.2, 0) is 62.0 Å². The molecule has 292 valence electrons. The third kappa shape index (κ3) is 18.4. The maximum atomic E-state index is 12.9. The fourth-order valence-corrected chi connectivity index (χ4v) is 4.14. The smallest absolute Gasteiger partial charge is 0.347 e. The van der Waals surface area contributed by atoms with E-state index in [9.17, 15) is 33.6 Å². The van der Waals surface area contributed by atoms with Gasteiger partial charge in [0.05, 0.1) is 24.9 Å². The number of hydrogen-bond acceptors (Lipinski definition) is 19. The van der Waals surface area contributed by atoms with Crippen LogP contribution in [0.4, 0.5) is 5.82 Å². The Morgan fingerprint density at radius 2 is 1.23 bits per heavy atom. The molecule has 1 aromatic heterocycles. The van der Waals surface area contributed by atoms with Gasteiger partial charge in [0.1, 0.15) is 12.7 Å². The van der Waals surface area contributed by atoms with Crippen LogP contribution in [0.2, 0.25) is 0 Å². The molecular weight excluding hydrogens is 716 g/mol. The number of carbonyl (C=O) groups excluding carboxylic acids is 5. The average molecular weight is 763 g/mol. The van der Waals surface area contributed by atoms with Crippen LogP contribution in [0.1, 0.15) is 55.4 Å². The number of morpholine rings is 1. The first kappa shape index (κ1) is 45.1. The van der Waals surface area contributed by atoms with Crippen LogP contribution in [0.5, 0.6) is 5.88 Å². The Kier molecular flexibility index (Phi) is 19.2. The van der Waals surface area contributed by atoms with E-state index in [1.54, 1.807) is 0 Å². The summed E-state index contributed by atoms with van der Waals surface area (Å²) in [5.41, 5.74) is -0.298. The second-order valence-electron chi connectivity index (χ2n) is 12.0. The van der Waals surface area contributed by atoms with E-state index < -0.39 is 72.3 Å². The molecule has 1 aliphatic heterocycles. The van der Waals surface area contributed by atoms with Gasteiger partial charge in [0, 0.05) is 44.2 Å². The Morgan fingerprint density at radius 3 is 1.65 bits per heavy atom. The second-order valence-corrected chi connectivity index (χ2v) is 12.5. The van der Waals surface area contributed by atoms with Crippen LogP contribution < -0.4 is 15.0 Å². The Morgan fingerprint density at radius 1 is 0.788 bits per heavy atom. The fraction of sp³-hybridized carbons (Fsp3) is 0.645. The number of aliphatic carboxylic acids is 2. The van der Waals surface area contributed by atoms with E-state index in [0.717, 1.165) is 18.7 Å². The number of aromatic nitrogens is 2. The van der Waals surface area contributed by atoms with Crippen molar-refractivity contribution in [1.82, 2.24) is 14.1 Å². The first-order valence-corrected chi connectivity index (χ1v) is 16.6. The molecule has 5 atom stereocenters. The van der Waals surface area contributed by atoms with Gasteiger partial charge in [-0.1, -0.05) is 0 Å². The predicted octanol–water partition coefficient (Wildman–Crippen LogP) is 0.512. The SMILES string of the molecule is CC(=O)O[C@@H](C)C(=O)O[C@@H](C)C(=O)O[C@@H](C)C(=O)O[C@@H](C)C(=O)O[C@@H](CNC(C)(C)C)COc1nsnc1N1CCOCC1.O=C(O)/C=C\C(=O)O. The van der Waals surface area contributed by atoms with Gasteiger partial charge in [-0.15, -0.1) is 4.37 Å². The van der Waals surface area contributed by atoms with Crippen LogP contribution in [0, 0.1) is 0 Å². The molecule has 2 rings (SSSR count). The molecule has 52 heavy (non-hydrogen) atoms. The average Bonchev–Trinajstić information content (AvgIpc) is 3.53. The highest BCUT2D eigenvalue weighted by Gasteiger charge is 2.31. The minimum absolute atomic E-state index is 0.0566. The zero-order valence-corrected chi connectivity index (χ0v) is 31.0. The normalized spacial score (nSPS) is 15.7. The van der Waals surface area contributed by atoms with Crippen molar-refractivity contribution in [1.29, 1.82) is 0 Å². The zero-order valence-electron chi connectivity index (χ0n) is 30.1. The van der Waals surface area contributed by atoms with Crippen molar-refractivity contribution in [3.05, 3.63) is 12.2 Å². The van der Waals surface area contributed by atoms with Crippen LogP contribution in [0.3, 0.4) is 0 Å². The molecule has 0 saturated carbocycles. The van der Waals surface area contributed by atoms with Crippen LogP contribution in [0.25, 0.3) is 0 Å². The van der Waals surface area contributed by atoms with Gasteiger partial charge in [-0.05, 0) is 48.5 Å². The molecule has 21 heteroatoms. The van der Waals surface area contributed by atoms with E-state index in [1.807, 2.05) is 25.7 Å². The van der Waals surface area contributed by atoms with Gasteiger partial charge < -0.3 is 53.6 Å². The summed E-state index contributed by atoms with van der Waals surface area (Å²) in [4.78, 5) is 81.8. The number of esters is 5. The standard InChI is InChI=1S/C27H42N4O12S.C4H4O4/c1-15(39-19(5)32)23(33)40-16(2)24(34)41-17(3)25(35)42-18(4)26(36)43-20(13-28-27(6,7)8)14-38-22-21(29-44-30-22)31-9-11-37-12-10-31;5-3(6)1-2-4(7)8/h15-18,20,28H,9-14H2,1-8H3;1-2H,(H,5,6)(H,7,8)/b;2-1-/t15-,16-,17-,18-,20-;/m0./s1. The van der Waals surface area contributed by atoms with E-state index in [4.69, 9.17) is 43.4 Å². The summed E-state index contributed by atoms with van der Waals surface area (Å²) < 4.78 is 45.2. The van der Waals surface area contributed by atoms with Gasteiger partial charge in [0.25, 0.3) is 5.88 Å². The highest BCUT2D eigenvalue weighted by molar-refractivity contribution is 6.99. The number of carboxylic acids is 2. The minimum Gasteiger partial charge on any atom is -0.478 e. The number of hydrogen-bond donors (Lipinski definition) is 3. The lowest BCUT2D eigenvalue weighted by molar-refractivity contribution is -0.185. The fourth-order valence-electron chi connectivity index (χ4n) is 3.62. The molecule has 3 N–H and O–H groups in total. The number of nitrogens with one attached hydrogen (secondary N) is 1. The second kappa shape index (κ2) is 22.1. The highest BCUT2D eigenvalue weighted by atomic mass is 32.1. The number of nitrogens with zero attached hydrogens (tertiary/aromatic N) is 3. The molecule has 2 heterocycles. The molecule has 0 spiro atoms. The largest absolute Gasteiger partial charge is 0.478 e. The molecule has 0 bridgehead atoms. The van der Waals surface area contributed by atoms with Crippen molar-refractivity contribution in [3.63, 3.8) is 0 Å². The summed E-state index contributed by atoms with van der Waals surface area (Å²) >= 11 is 1.00. The predicted molar refractivity (Wildman–Crippen MR) is 178 cm³/mol. The Labute approximate surface area is 304 Å². The Hall–Kier alpha value is -4.89. The van der Waals surface area contributed by atoms with Crippen molar-refractivity contribution in [2.45, 2.75) is 91.4 Å². The van der Waals surface area contributed by atoms with E-state index in [-0.39, 0.29) is 18.7 Å². The summed E-state index contributed by atoms with van der Waals surface area (Å²) in [6.45, 7) is 14.6. The van der Waals surface area contributed by atoms with Crippen LogP contribution in [-0.4, -0.2) is 136 Å². The lowest BCUT2D eigenvalue weighted by Gasteiger charge is -2.28. The quantitative estimate of drug-likeness (QED) is 0.111. The van der Waals surface area contributed by atoms with Gasteiger partial charge in [-0.3, -0.25) is 4.79 Å². The molecule has 0 radical (unpaired) electrons. The molecule has 0 aromatic carbocycles. The Balaban J connectivity index is 0.00000150. The molecule has 1 aliphatic rings. The zero-order chi connectivity index (χ0) is 39.6. The number of carboxylic acid groups (broad SMARTS) is 2. The van der Waals surface area contributed by atoms with Crippen molar-refractivity contribution >= 4 is 59.3 Å². The molecule has 1 saturated heterocycles. The van der Waals surface area contributed by atoms with E-state index >= 15 is 0 Å². The summed E-state index contributed by atoms with van der Waals surface area (Å²) in [6, 6.07) is 0. The van der Waals surface area contributed by atoms with Gasteiger partial charge in [0.15, 0.2) is 24.4 Å². The topological polar surface area (TPSA) is 266 Å². The molecule has 1 aromatic rings. The third-order valence-electron chi connectivity index (χ3n) is 6.22. The number of carbonyl (C=O) groups is 7. The summed E-state index contributed by atoms with van der Waals surface area (Å²) in [5.74, 6) is -6.23. The highest BCUT2D eigenvalue weighted by Crippen LogP contribution is 2.26. The maximum absolute atomic E-state index is 12.9. The maximum Gasteiger partial charge on any atom is 0.347 e. The molecule has 0 aliphatic carbocycles. The third-order valence-corrected chi connectivity index (χ3v) is 6.72.